The van der Waals surface area contributed by atoms with Crippen molar-refractivity contribution in [1.29, 1.82) is 0 Å². The molecule has 0 aliphatic heterocycles. The predicted molar refractivity (Wildman–Crippen MR) is 95.5 cm³/mol. The molecule has 2 nitrogen and oxygen atoms in total. The highest BCUT2D eigenvalue weighted by atomic mass is 32.2. The first-order valence-electron chi connectivity index (χ1n) is 7.64. The van der Waals surface area contributed by atoms with E-state index in [0.717, 1.165) is 11.3 Å². The zero-order valence-corrected chi connectivity index (χ0v) is 14.5. The van der Waals surface area contributed by atoms with E-state index in [4.69, 9.17) is 0 Å². The Balaban J connectivity index is 1.92. The molecule has 4 heteroatoms. The molecule has 2 aromatic rings. The molecule has 122 valence electrons. The van der Waals surface area contributed by atoms with Gasteiger partial charge in [0.2, 0.25) is 5.91 Å². The van der Waals surface area contributed by atoms with Crippen molar-refractivity contribution in [2.45, 2.75) is 37.5 Å². The molecule has 23 heavy (non-hydrogen) atoms. The van der Waals surface area contributed by atoms with Gasteiger partial charge in [-0.15, -0.1) is 11.8 Å². The van der Waals surface area contributed by atoms with Crippen molar-refractivity contribution >= 4 is 23.4 Å². The van der Waals surface area contributed by atoms with Crippen LogP contribution in [0, 0.1) is 5.82 Å². The third-order valence-corrected chi connectivity index (χ3v) is 4.48. The largest absolute Gasteiger partial charge is 0.326 e. The van der Waals surface area contributed by atoms with E-state index in [1.807, 2.05) is 24.3 Å². The molecular weight excluding hydrogens is 309 g/mol. The molecule has 0 aromatic heterocycles. The van der Waals surface area contributed by atoms with E-state index in [2.05, 4.69) is 26.1 Å². The maximum atomic E-state index is 13.5. The molecule has 0 fully saturated rings. The van der Waals surface area contributed by atoms with Gasteiger partial charge in [-0.1, -0.05) is 51.1 Å². The molecule has 0 unspecified atom stereocenters. The fourth-order valence-corrected chi connectivity index (χ4v) is 3.16. The quantitative estimate of drug-likeness (QED) is 0.759. The molecule has 0 radical (unpaired) electrons. The summed E-state index contributed by atoms with van der Waals surface area (Å²) >= 11 is 1.36. The van der Waals surface area contributed by atoms with Gasteiger partial charge in [0.05, 0.1) is 0 Å². The first-order chi connectivity index (χ1) is 10.9. The van der Waals surface area contributed by atoms with Crippen molar-refractivity contribution in [2.75, 3.05) is 11.1 Å². The minimum absolute atomic E-state index is 0.0359. The number of thioether (sulfide) groups is 1. The van der Waals surface area contributed by atoms with Gasteiger partial charge in [-0.25, -0.2) is 4.39 Å². The normalized spacial score (nSPS) is 11.3. The number of anilines is 1. The number of benzene rings is 2. The van der Waals surface area contributed by atoms with E-state index >= 15 is 0 Å². The highest BCUT2D eigenvalue weighted by molar-refractivity contribution is 7.99. The van der Waals surface area contributed by atoms with Gasteiger partial charge >= 0.3 is 0 Å². The zero-order chi connectivity index (χ0) is 16.9. The monoisotopic (exact) mass is 331 g/mol. The molecule has 0 heterocycles. The van der Waals surface area contributed by atoms with E-state index < -0.39 is 0 Å². The van der Waals surface area contributed by atoms with Crippen LogP contribution in [-0.2, 0) is 10.2 Å². The van der Waals surface area contributed by atoms with Crippen molar-refractivity contribution in [1.82, 2.24) is 0 Å². The second kappa shape index (κ2) is 7.64. The van der Waals surface area contributed by atoms with Gasteiger partial charge in [0.25, 0.3) is 0 Å². The molecule has 0 saturated carbocycles. The summed E-state index contributed by atoms with van der Waals surface area (Å²) in [6.45, 7) is 6.35. The van der Waals surface area contributed by atoms with Crippen LogP contribution >= 0.6 is 11.8 Å². The average molecular weight is 331 g/mol. The van der Waals surface area contributed by atoms with E-state index in [-0.39, 0.29) is 17.1 Å². The van der Waals surface area contributed by atoms with Crippen LogP contribution in [-0.4, -0.2) is 11.7 Å². The van der Waals surface area contributed by atoms with Crippen LogP contribution < -0.4 is 5.32 Å². The van der Waals surface area contributed by atoms with Crippen molar-refractivity contribution in [2.24, 2.45) is 0 Å². The summed E-state index contributed by atoms with van der Waals surface area (Å²) in [4.78, 5) is 12.7. The third-order valence-electron chi connectivity index (χ3n) is 3.43. The fraction of sp³-hybridized carbons (Fsp3) is 0.316. The number of amides is 1. The lowest BCUT2D eigenvalue weighted by Crippen LogP contribution is -2.18. The lowest BCUT2D eigenvalue weighted by molar-refractivity contribution is -0.115. The standard InChI is InChI=1S/C19H22FNOS/c1-19(2,3)14-8-4-6-10-16(14)21-18(22)12-13-23-17-11-7-5-9-15(17)20/h4-11H,12-13H2,1-3H3,(H,21,22). The second-order valence-corrected chi connectivity index (χ2v) is 7.51. The van der Waals surface area contributed by atoms with Gasteiger partial charge in [0, 0.05) is 22.8 Å². The summed E-state index contributed by atoms with van der Waals surface area (Å²) in [6, 6.07) is 14.5. The van der Waals surface area contributed by atoms with Crippen molar-refractivity contribution in [3.8, 4) is 0 Å². The van der Waals surface area contributed by atoms with Crippen LogP contribution in [0.3, 0.4) is 0 Å². The highest BCUT2D eigenvalue weighted by Gasteiger charge is 2.18. The Morgan fingerprint density at radius 2 is 1.74 bits per heavy atom. The summed E-state index contributed by atoms with van der Waals surface area (Å²) in [5.74, 6) is 0.256. The Kier molecular flexibility index (Phi) is 5.83. The van der Waals surface area contributed by atoms with Crippen molar-refractivity contribution in [3.05, 3.63) is 59.9 Å². The number of hydrogen-bond acceptors (Lipinski definition) is 2. The fourth-order valence-electron chi connectivity index (χ4n) is 2.27. The molecule has 0 saturated heterocycles. The number of halogens is 1. The van der Waals surface area contributed by atoms with Crippen LogP contribution in [0.15, 0.2) is 53.4 Å². The van der Waals surface area contributed by atoms with E-state index in [9.17, 15) is 9.18 Å². The molecule has 0 spiro atoms. The van der Waals surface area contributed by atoms with Crippen molar-refractivity contribution in [3.63, 3.8) is 0 Å². The van der Waals surface area contributed by atoms with Crippen molar-refractivity contribution < 1.29 is 9.18 Å². The Morgan fingerprint density at radius 1 is 1.09 bits per heavy atom. The van der Waals surface area contributed by atoms with Crippen LogP contribution in [0.2, 0.25) is 0 Å². The molecule has 0 bridgehead atoms. The summed E-state index contributed by atoms with van der Waals surface area (Å²) < 4.78 is 13.5. The Bertz CT molecular complexity index is 679. The molecule has 0 aliphatic carbocycles. The minimum Gasteiger partial charge on any atom is -0.326 e. The number of carbonyl (C=O) groups excluding carboxylic acids is 1. The van der Waals surface area contributed by atoms with Gasteiger partial charge in [-0.3, -0.25) is 4.79 Å². The maximum Gasteiger partial charge on any atom is 0.225 e. The molecule has 2 aromatic carbocycles. The number of rotatable bonds is 5. The van der Waals surface area contributed by atoms with Gasteiger partial charge < -0.3 is 5.32 Å². The number of hydrogen-bond donors (Lipinski definition) is 1. The van der Waals surface area contributed by atoms with Crippen LogP contribution in [0.1, 0.15) is 32.8 Å². The molecular formula is C19H22FNOS. The second-order valence-electron chi connectivity index (χ2n) is 6.37. The van der Waals surface area contributed by atoms with Gasteiger partial charge in [0.15, 0.2) is 0 Å². The van der Waals surface area contributed by atoms with Crippen LogP contribution in [0.5, 0.6) is 0 Å². The lowest BCUT2D eigenvalue weighted by atomic mass is 9.86. The van der Waals surface area contributed by atoms with Gasteiger partial charge in [0.1, 0.15) is 5.82 Å². The molecule has 1 amide bonds. The topological polar surface area (TPSA) is 29.1 Å². The lowest BCUT2D eigenvalue weighted by Gasteiger charge is -2.23. The maximum absolute atomic E-state index is 13.5. The van der Waals surface area contributed by atoms with Crippen LogP contribution in [0.25, 0.3) is 0 Å². The minimum atomic E-state index is -0.240. The predicted octanol–water partition coefficient (Wildman–Crippen LogP) is 5.24. The Morgan fingerprint density at radius 3 is 2.43 bits per heavy atom. The molecule has 0 atom stereocenters. The van der Waals surface area contributed by atoms with E-state index in [0.29, 0.717) is 17.1 Å². The zero-order valence-electron chi connectivity index (χ0n) is 13.7. The summed E-state index contributed by atoms with van der Waals surface area (Å²) in [5, 5.41) is 2.97. The smallest absolute Gasteiger partial charge is 0.225 e. The van der Waals surface area contributed by atoms with E-state index in [1.165, 1.54) is 17.8 Å². The average Bonchev–Trinajstić information content (AvgIpc) is 2.49. The number of nitrogens with one attached hydrogen (secondary N) is 1. The third kappa shape index (κ3) is 5.10. The SMILES string of the molecule is CC(C)(C)c1ccccc1NC(=O)CCSc1ccccc1F. The summed E-state index contributed by atoms with van der Waals surface area (Å²) in [6.07, 6.45) is 0.345. The number of carbonyl (C=O) groups is 1. The van der Waals surface area contributed by atoms with E-state index in [1.54, 1.807) is 18.2 Å². The molecule has 2 rings (SSSR count). The number of para-hydroxylation sites is 1. The summed E-state index contributed by atoms with van der Waals surface area (Å²) in [5.41, 5.74) is 1.92. The highest BCUT2D eigenvalue weighted by Crippen LogP contribution is 2.29. The van der Waals surface area contributed by atoms with Gasteiger partial charge in [-0.2, -0.15) is 0 Å². The summed E-state index contributed by atoms with van der Waals surface area (Å²) in [7, 11) is 0. The Hall–Kier alpha value is -1.81. The molecule has 1 N–H and O–H groups in total. The first kappa shape index (κ1) is 17.5. The van der Waals surface area contributed by atoms with Gasteiger partial charge in [-0.05, 0) is 29.2 Å². The van der Waals surface area contributed by atoms with Crippen LogP contribution in [0.4, 0.5) is 10.1 Å². The molecule has 0 aliphatic rings. The first-order valence-corrected chi connectivity index (χ1v) is 8.63. The Labute approximate surface area is 141 Å².